The second-order valence-corrected chi connectivity index (χ2v) is 9.71. The first-order chi connectivity index (χ1) is 17.4. The molecule has 0 radical (unpaired) electrons. The molecule has 6 nitrogen and oxygen atoms in total. The predicted molar refractivity (Wildman–Crippen MR) is 141 cm³/mol. The molecule has 0 amide bonds. The number of carboxylic acids is 1. The summed E-state index contributed by atoms with van der Waals surface area (Å²) in [5, 5.41) is 14.8. The van der Waals surface area contributed by atoms with Crippen LogP contribution in [0.5, 0.6) is 11.5 Å². The maximum Gasteiger partial charge on any atom is 0.352 e. The Hall–Kier alpha value is -3.32. The van der Waals surface area contributed by atoms with Gasteiger partial charge in [-0.05, 0) is 71.6 Å². The van der Waals surface area contributed by atoms with Crippen LogP contribution in [0, 0.1) is 0 Å². The van der Waals surface area contributed by atoms with Crippen LogP contribution in [-0.2, 0) is 19.5 Å². The van der Waals surface area contributed by atoms with Crippen molar-refractivity contribution in [1.82, 2.24) is 4.57 Å². The van der Waals surface area contributed by atoms with Crippen LogP contribution in [0.4, 0.5) is 5.69 Å². The molecule has 1 aliphatic rings. The highest BCUT2D eigenvalue weighted by atomic mass is 35.5. The number of anilines is 1. The molecule has 0 bridgehead atoms. The number of halogens is 3. The van der Waals surface area contributed by atoms with Crippen molar-refractivity contribution < 1.29 is 19.4 Å². The summed E-state index contributed by atoms with van der Waals surface area (Å²) in [5.74, 6) is 0.144. The van der Waals surface area contributed by atoms with Crippen molar-refractivity contribution in [1.29, 1.82) is 0 Å². The standard InChI is InChI=1S/C27H21Cl3N2O4/c28-19-8-17(9-20(29)11-19)12-31-21-3-1-16(2-4-21)7-18-10-24(27(33)34)32(13-18)14-22-23(30)5-6-25-26(22)36-15-35-25/h1-6,8-11,13,31H,7,12,14-15H2,(H,33,34). The third-order valence-corrected chi connectivity index (χ3v) is 6.66. The Kier molecular flexibility index (Phi) is 7.01. The first kappa shape index (κ1) is 24.4. The number of nitrogens with one attached hydrogen (secondary N) is 1. The predicted octanol–water partition coefficient (Wildman–Crippen LogP) is 7.13. The van der Waals surface area contributed by atoms with Crippen molar-refractivity contribution in [2.45, 2.75) is 19.5 Å². The van der Waals surface area contributed by atoms with Crippen LogP contribution in [0.3, 0.4) is 0 Å². The molecule has 0 atom stereocenters. The third-order valence-electron chi connectivity index (χ3n) is 5.87. The molecule has 0 saturated heterocycles. The van der Waals surface area contributed by atoms with Gasteiger partial charge in [0.15, 0.2) is 11.5 Å². The van der Waals surface area contributed by atoms with E-state index in [0.29, 0.717) is 45.1 Å². The van der Waals surface area contributed by atoms with Crippen molar-refractivity contribution in [2.24, 2.45) is 0 Å². The lowest BCUT2D eigenvalue weighted by Gasteiger charge is -2.11. The first-order valence-electron chi connectivity index (χ1n) is 11.1. The summed E-state index contributed by atoms with van der Waals surface area (Å²) in [5.41, 5.74) is 4.73. The van der Waals surface area contributed by atoms with Gasteiger partial charge in [0.2, 0.25) is 6.79 Å². The van der Waals surface area contributed by atoms with Crippen molar-refractivity contribution >= 4 is 46.5 Å². The van der Waals surface area contributed by atoms with Gasteiger partial charge in [0, 0.05) is 39.1 Å². The molecule has 36 heavy (non-hydrogen) atoms. The maximum absolute atomic E-state index is 11.9. The highest BCUT2D eigenvalue weighted by Gasteiger charge is 2.22. The Bertz CT molecular complexity index is 1410. The van der Waals surface area contributed by atoms with E-state index in [4.69, 9.17) is 44.3 Å². The minimum Gasteiger partial charge on any atom is -0.477 e. The third kappa shape index (κ3) is 5.41. The van der Waals surface area contributed by atoms with E-state index in [-0.39, 0.29) is 19.0 Å². The van der Waals surface area contributed by atoms with Crippen molar-refractivity contribution in [3.05, 3.63) is 110 Å². The number of benzene rings is 3. The number of hydrogen-bond acceptors (Lipinski definition) is 4. The molecule has 1 aromatic heterocycles. The van der Waals surface area contributed by atoms with Crippen molar-refractivity contribution in [3.8, 4) is 11.5 Å². The molecular formula is C27H21Cl3N2O4. The van der Waals surface area contributed by atoms with E-state index in [1.165, 1.54) is 0 Å². The molecule has 9 heteroatoms. The van der Waals surface area contributed by atoms with Gasteiger partial charge >= 0.3 is 5.97 Å². The Morgan fingerprint density at radius 2 is 1.67 bits per heavy atom. The van der Waals surface area contributed by atoms with Crippen LogP contribution in [0.15, 0.2) is 66.9 Å². The molecule has 3 aromatic carbocycles. The summed E-state index contributed by atoms with van der Waals surface area (Å²) in [4.78, 5) is 11.9. The minimum atomic E-state index is -1.01. The van der Waals surface area contributed by atoms with Crippen molar-refractivity contribution in [3.63, 3.8) is 0 Å². The normalized spacial score (nSPS) is 12.1. The molecule has 0 fully saturated rings. The van der Waals surface area contributed by atoms with Gasteiger partial charge in [-0.15, -0.1) is 0 Å². The lowest BCUT2D eigenvalue weighted by Crippen LogP contribution is -2.09. The Balaban J connectivity index is 1.30. The number of carbonyl (C=O) groups is 1. The molecule has 0 unspecified atom stereocenters. The number of fused-ring (bicyclic) bond motifs is 1. The van der Waals surface area contributed by atoms with E-state index in [9.17, 15) is 9.90 Å². The van der Waals surface area contributed by atoms with Crippen molar-refractivity contribution in [2.75, 3.05) is 12.1 Å². The summed E-state index contributed by atoms with van der Waals surface area (Å²) in [6.07, 6.45) is 2.42. The van der Waals surface area contributed by atoms with Gasteiger partial charge in [0.1, 0.15) is 5.69 Å². The zero-order valence-electron chi connectivity index (χ0n) is 18.9. The Morgan fingerprint density at radius 3 is 2.39 bits per heavy atom. The largest absolute Gasteiger partial charge is 0.477 e. The molecule has 1 aliphatic heterocycles. The summed E-state index contributed by atoms with van der Waals surface area (Å²) < 4.78 is 12.7. The minimum absolute atomic E-state index is 0.114. The molecule has 5 rings (SSSR count). The Labute approximate surface area is 222 Å². The van der Waals surface area contributed by atoms with Crippen LogP contribution >= 0.6 is 34.8 Å². The average Bonchev–Trinajstić information content (AvgIpc) is 3.47. The number of carboxylic acid groups (broad SMARTS) is 1. The van der Waals surface area contributed by atoms with E-state index >= 15 is 0 Å². The lowest BCUT2D eigenvalue weighted by molar-refractivity contribution is 0.0685. The number of hydrogen-bond donors (Lipinski definition) is 2. The fourth-order valence-corrected chi connectivity index (χ4v) is 4.97. The number of rotatable bonds is 8. The smallest absolute Gasteiger partial charge is 0.352 e. The maximum atomic E-state index is 11.9. The summed E-state index contributed by atoms with van der Waals surface area (Å²) in [6, 6.07) is 18.6. The summed E-state index contributed by atoms with van der Waals surface area (Å²) in [7, 11) is 0. The highest BCUT2D eigenvalue weighted by molar-refractivity contribution is 6.34. The van der Waals surface area contributed by atoms with Gasteiger partial charge < -0.3 is 24.5 Å². The molecular weight excluding hydrogens is 523 g/mol. The molecule has 0 spiro atoms. The van der Waals surface area contributed by atoms with Crippen LogP contribution in [0.2, 0.25) is 15.1 Å². The van der Waals surface area contributed by atoms with Gasteiger partial charge in [-0.1, -0.05) is 46.9 Å². The van der Waals surface area contributed by atoms with Crippen LogP contribution in [0.25, 0.3) is 0 Å². The van der Waals surface area contributed by atoms with E-state index in [1.807, 2.05) is 42.6 Å². The fraction of sp³-hybridized carbons (Fsp3) is 0.148. The highest BCUT2D eigenvalue weighted by Crippen LogP contribution is 2.40. The molecule has 0 saturated carbocycles. The molecule has 4 aromatic rings. The molecule has 0 aliphatic carbocycles. The number of nitrogens with zero attached hydrogens (tertiary/aromatic N) is 1. The topological polar surface area (TPSA) is 72.7 Å². The van der Waals surface area contributed by atoms with Crippen LogP contribution in [0.1, 0.15) is 32.7 Å². The monoisotopic (exact) mass is 542 g/mol. The van der Waals surface area contributed by atoms with E-state index < -0.39 is 5.97 Å². The van der Waals surface area contributed by atoms with Crippen LogP contribution in [-0.4, -0.2) is 22.4 Å². The second kappa shape index (κ2) is 10.3. The average molecular weight is 544 g/mol. The van der Waals surface area contributed by atoms with Gasteiger partial charge in [0.05, 0.1) is 6.54 Å². The van der Waals surface area contributed by atoms with E-state index in [1.54, 1.807) is 28.8 Å². The number of aromatic nitrogens is 1. The lowest BCUT2D eigenvalue weighted by atomic mass is 10.1. The zero-order valence-corrected chi connectivity index (χ0v) is 21.2. The molecule has 2 heterocycles. The quantitative estimate of drug-likeness (QED) is 0.247. The van der Waals surface area contributed by atoms with Crippen LogP contribution < -0.4 is 14.8 Å². The molecule has 184 valence electrons. The second-order valence-electron chi connectivity index (χ2n) is 8.43. The van der Waals surface area contributed by atoms with E-state index in [0.717, 1.165) is 22.4 Å². The zero-order chi connectivity index (χ0) is 25.2. The van der Waals surface area contributed by atoms with Gasteiger partial charge in [-0.3, -0.25) is 0 Å². The number of ether oxygens (including phenoxy) is 2. The van der Waals surface area contributed by atoms with Gasteiger partial charge in [-0.2, -0.15) is 0 Å². The van der Waals surface area contributed by atoms with Gasteiger partial charge in [-0.25, -0.2) is 4.79 Å². The number of aromatic carboxylic acids is 1. The van der Waals surface area contributed by atoms with E-state index in [2.05, 4.69) is 5.32 Å². The van der Waals surface area contributed by atoms with Gasteiger partial charge in [0.25, 0.3) is 0 Å². The SMILES string of the molecule is O=C(O)c1cc(Cc2ccc(NCc3cc(Cl)cc(Cl)c3)cc2)cn1Cc1c(Cl)ccc2c1OCO2. The Morgan fingerprint density at radius 1 is 0.917 bits per heavy atom. The molecule has 2 N–H and O–H groups in total. The summed E-state index contributed by atoms with van der Waals surface area (Å²) >= 11 is 18.5. The summed E-state index contributed by atoms with van der Waals surface area (Å²) in [6.45, 7) is 0.956. The first-order valence-corrected chi connectivity index (χ1v) is 12.3. The fourth-order valence-electron chi connectivity index (χ4n) is 4.19.